The van der Waals surface area contributed by atoms with Crippen LogP contribution in [0.5, 0.6) is 5.75 Å². The van der Waals surface area contributed by atoms with E-state index >= 15 is 0 Å². The molecular weight excluding hydrogens is 172 g/mol. The Morgan fingerprint density at radius 1 is 1.77 bits per heavy atom. The van der Waals surface area contributed by atoms with Gasteiger partial charge in [0.2, 0.25) is 0 Å². The van der Waals surface area contributed by atoms with E-state index in [1.54, 1.807) is 0 Å². The standard InChI is InChI=1S/C8H6N2O3/c1-13-6-2-5(3-9)4-10-7(6)8(11)12/h2,4H,1H3,(H,11,12). The molecule has 5 nitrogen and oxygen atoms in total. The molecule has 0 aromatic carbocycles. The lowest BCUT2D eigenvalue weighted by atomic mass is 10.2. The summed E-state index contributed by atoms with van der Waals surface area (Å²) in [5.74, 6) is -1.09. The number of methoxy groups -OCH3 is 1. The third kappa shape index (κ3) is 1.73. The van der Waals surface area contributed by atoms with Crippen LogP contribution in [-0.2, 0) is 0 Å². The Balaban J connectivity index is 3.25. The van der Waals surface area contributed by atoms with Crippen LogP contribution in [0, 0.1) is 11.3 Å². The molecule has 0 atom stereocenters. The molecule has 0 aliphatic carbocycles. The van der Waals surface area contributed by atoms with E-state index in [2.05, 4.69) is 4.98 Å². The smallest absolute Gasteiger partial charge is 0.358 e. The summed E-state index contributed by atoms with van der Waals surface area (Å²) in [5, 5.41) is 17.1. The van der Waals surface area contributed by atoms with Gasteiger partial charge in [-0.05, 0) is 0 Å². The van der Waals surface area contributed by atoms with Crippen LogP contribution >= 0.6 is 0 Å². The Kier molecular flexibility index (Phi) is 2.45. The molecule has 1 aromatic rings. The van der Waals surface area contributed by atoms with Crippen molar-refractivity contribution in [2.45, 2.75) is 0 Å². The fourth-order valence-electron chi connectivity index (χ4n) is 0.822. The van der Waals surface area contributed by atoms with Gasteiger partial charge in [0.05, 0.1) is 12.7 Å². The van der Waals surface area contributed by atoms with Crippen LogP contribution in [-0.4, -0.2) is 23.2 Å². The van der Waals surface area contributed by atoms with E-state index in [1.165, 1.54) is 19.4 Å². The van der Waals surface area contributed by atoms with Crippen molar-refractivity contribution in [3.05, 3.63) is 23.5 Å². The molecular formula is C8H6N2O3. The second kappa shape index (κ2) is 3.54. The number of hydrogen-bond donors (Lipinski definition) is 1. The average Bonchev–Trinajstić information content (AvgIpc) is 2.16. The first-order valence-corrected chi connectivity index (χ1v) is 3.36. The van der Waals surface area contributed by atoms with Crippen LogP contribution in [0.2, 0.25) is 0 Å². The second-order valence-electron chi connectivity index (χ2n) is 2.19. The van der Waals surface area contributed by atoms with Crippen molar-refractivity contribution in [1.82, 2.24) is 4.98 Å². The van der Waals surface area contributed by atoms with Crippen molar-refractivity contribution in [1.29, 1.82) is 5.26 Å². The molecule has 13 heavy (non-hydrogen) atoms. The van der Waals surface area contributed by atoms with Gasteiger partial charge in [0.1, 0.15) is 6.07 Å². The number of nitrogens with zero attached hydrogens (tertiary/aromatic N) is 2. The number of carbonyl (C=O) groups is 1. The number of nitriles is 1. The molecule has 0 aliphatic rings. The van der Waals surface area contributed by atoms with Gasteiger partial charge in [-0.3, -0.25) is 0 Å². The highest BCUT2D eigenvalue weighted by Gasteiger charge is 2.12. The molecule has 0 spiro atoms. The SMILES string of the molecule is COc1cc(C#N)cnc1C(=O)O. The monoisotopic (exact) mass is 178 g/mol. The average molecular weight is 178 g/mol. The Morgan fingerprint density at radius 2 is 2.46 bits per heavy atom. The summed E-state index contributed by atoms with van der Waals surface area (Å²) >= 11 is 0. The van der Waals surface area contributed by atoms with Crippen LogP contribution in [0.25, 0.3) is 0 Å². The quantitative estimate of drug-likeness (QED) is 0.719. The summed E-state index contributed by atoms with van der Waals surface area (Å²) in [5.41, 5.74) is 0.0725. The fraction of sp³-hybridized carbons (Fsp3) is 0.125. The van der Waals surface area contributed by atoms with Crippen molar-refractivity contribution in [3.63, 3.8) is 0 Å². The molecule has 0 saturated heterocycles. The minimum absolute atomic E-state index is 0.0894. The molecule has 1 N–H and O–H groups in total. The van der Waals surface area contributed by atoms with Crippen molar-refractivity contribution >= 4 is 5.97 Å². The van der Waals surface area contributed by atoms with Crippen LogP contribution in [0.3, 0.4) is 0 Å². The van der Waals surface area contributed by atoms with Gasteiger partial charge in [-0.2, -0.15) is 5.26 Å². The Bertz CT molecular complexity index is 381. The van der Waals surface area contributed by atoms with Crippen LogP contribution in [0.1, 0.15) is 16.1 Å². The van der Waals surface area contributed by atoms with Crippen molar-refractivity contribution in [2.75, 3.05) is 7.11 Å². The summed E-state index contributed by atoms with van der Waals surface area (Å²) < 4.78 is 4.75. The first kappa shape index (κ1) is 9.00. The Labute approximate surface area is 74.2 Å². The van der Waals surface area contributed by atoms with E-state index in [1.807, 2.05) is 6.07 Å². The molecule has 1 aromatic heterocycles. The number of aromatic carboxylic acids is 1. The van der Waals surface area contributed by atoms with Crippen molar-refractivity contribution in [3.8, 4) is 11.8 Å². The van der Waals surface area contributed by atoms with Gasteiger partial charge in [0.15, 0.2) is 11.4 Å². The highest BCUT2D eigenvalue weighted by molar-refractivity contribution is 5.88. The van der Waals surface area contributed by atoms with Crippen LogP contribution in [0.15, 0.2) is 12.3 Å². The van der Waals surface area contributed by atoms with E-state index in [-0.39, 0.29) is 17.0 Å². The molecule has 0 fully saturated rings. The zero-order valence-corrected chi connectivity index (χ0v) is 6.81. The number of ether oxygens (including phenoxy) is 1. The first-order valence-electron chi connectivity index (χ1n) is 3.36. The predicted octanol–water partition coefficient (Wildman–Crippen LogP) is 0.660. The first-order chi connectivity index (χ1) is 6.19. The zero-order chi connectivity index (χ0) is 9.84. The van der Waals surface area contributed by atoms with Gasteiger partial charge >= 0.3 is 5.97 Å². The molecule has 0 bridgehead atoms. The third-order valence-electron chi connectivity index (χ3n) is 1.40. The topological polar surface area (TPSA) is 83.2 Å². The number of carboxylic acids is 1. The zero-order valence-electron chi connectivity index (χ0n) is 6.81. The highest BCUT2D eigenvalue weighted by Crippen LogP contribution is 2.16. The van der Waals surface area contributed by atoms with E-state index in [9.17, 15) is 4.79 Å². The third-order valence-corrected chi connectivity index (χ3v) is 1.40. The maximum Gasteiger partial charge on any atom is 0.358 e. The summed E-state index contributed by atoms with van der Waals surface area (Å²) in [7, 11) is 1.32. The molecule has 1 heterocycles. The summed E-state index contributed by atoms with van der Waals surface area (Å²) in [4.78, 5) is 14.1. The van der Waals surface area contributed by atoms with Gasteiger partial charge < -0.3 is 9.84 Å². The number of hydrogen-bond acceptors (Lipinski definition) is 4. The van der Waals surface area contributed by atoms with E-state index in [0.29, 0.717) is 0 Å². The summed E-state index contributed by atoms with van der Waals surface area (Å²) in [6.45, 7) is 0. The second-order valence-corrected chi connectivity index (χ2v) is 2.19. The molecule has 0 unspecified atom stereocenters. The largest absolute Gasteiger partial charge is 0.494 e. The van der Waals surface area contributed by atoms with Gasteiger partial charge in [-0.25, -0.2) is 9.78 Å². The Morgan fingerprint density at radius 3 is 2.92 bits per heavy atom. The number of pyridine rings is 1. The molecule has 0 saturated carbocycles. The van der Waals surface area contributed by atoms with Gasteiger partial charge in [-0.15, -0.1) is 0 Å². The van der Waals surface area contributed by atoms with Gasteiger partial charge in [-0.1, -0.05) is 0 Å². The summed E-state index contributed by atoms with van der Waals surface area (Å²) in [6.07, 6.45) is 1.19. The van der Waals surface area contributed by atoms with Crippen LogP contribution in [0.4, 0.5) is 0 Å². The van der Waals surface area contributed by atoms with Crippen molar-refractivity contribution < 1.29 is 14.6 Å². The lowest BCUT2D eigenvalue weighted by Gasteiger charge is -2.02. The fourth-order valence-corrected chi connectivity index (χ4v) is 0.822. The molecule has 66 valence electrons. The Hall–Kier alpha value is -2.09. The lowest BCUT2D eigenvalue weighted by Crippen LogP contribution is -2.03. The molecule has 1 rings (SSSR count). The summed E-state index contributed by atoms with van der Waals surface area (Å²) in [6, 6.07) is 3.16. The van der Waals surface area contributed by atoms with E-state index < -0.39 is 5.97 Å². The lowest BCUT2D eigenvalue weighted by molar-refractivity contribution is 0.0686. The molecule has 0 amide bonds. The predicted molar refractivity (Wildman–Crippen MR) is 42.5 cm³/mol. The minimum Gasteiger partial charge on any atom is -0.494 e. The van der Waals surface area contributed by atoms with Crippen molar-refractivity contribution in [2.24, 2.45) is 0 Å². The van der Waals surface area contributed by atoms with E-state index in [0.717, 1.165) is 0 Å². The number of aromatic nitrogens is 1. The molecule has 0 radical (unpaired) electrons. The van der Waals surface area contributed by atoms with Crippen LogP contribution < -0.4 is 4.74 Å². The van der Waals surface area contributed by atoms with Gasteiger partial charge in [0, 0.05) is 12.3 Å². The maximum atomic E-state index is 10.6. The molecule has 5 heteroatoms. The molecule has 0 aliphatic heterocycles. The number of rotatable bonds is 2. The number of carboxylic acid groups (broad SMARTS) is 1. The maximum absolute atomic E-state index is 10.6. The van der Waals surface area contributed by atoms with Gasteiger partial charge in [0.25, 0.3) is 0 Å². The minimum atomic E-state index is -1.18. The highest BCUT2D eigenvalue weighted by atomic mass is 16.5. The normalized spacial score (nSPS) is 8.92. The van der Waals surface area contributed by atoms with E-state index in [4.69, 9.17) is 15.1 Å².